The zero-order valence-electron chi connectivity index (χ0n) is 11.8. The molecule has 2 aromatic rings. The molecule has 0 bridgehead atoms. The fraction of sp³-hybridized carbons (Fsp3) is 0.294. The van der Waals surface area contributed by atoms with Crippen LogP contribution in [0, 0.1) is 0 Å². The normalized spacial score (nSPS) is 20.7. The zero-order chi connectivity index (χ0) is 14.8. The average molecular weight is 322 g/mol. The number of hydrogen-bond donors (Lipinski definition) is 1. The molecule has 21 heavy (non-hydrogen) atoms. The lowest BCUT2D eigenvalue weighted by Crippen LogP contribution is -2.34. The van der Waals surface area contributed by atoms with Crippen molar-refractivity contribution in [3.63, 3.8) is 0 Å². The van der Waals surface area contributed by atoms with E-state index in [1.165, 1.54) is 5.56 Å². The molecule has 0 saturated heterocycles. The summed E-state index contributed by atoms with van der Waals surface area (Å²) in [6, 6.07) is 14.2. The third-order valence-corrected chi connectivity index (χ3v) is 4.56. The van der Waals surface area contributed by atoms with E-state index in [1.54, 1.807) is 13.2 Å². The van der Waals surface area contributed by atoms with E-state index in [0.717, 1.165) is 24.3 Å². The van der Waals surface area contributed by atoms with Crippen molar-refractivity contribution < 1.29 is 4.74 Å². The van der Waals surface area contributed by atoms with Crippen LogP contribution in [0.2, 0.25) is 10.0 Å². The summed E-state index contributed by atoms with van der Waals surface area (Å²) >= 11 is 12.2. The highest BCUT2D eigenvalue weighted by Gasteiger charge is 2.30. The summed E-state index contributed by atoms with van der Waals surface area (Å²) in [5, 5.41) is 4.88. The first-order chi connectivity index (χ1) is 10.2. The Morgan fingerprint density at radius 2 is 1.90 bits per heavy atom. The summed E-state index contributed by atoms with van der Waals surface area (Å²) in [6.07, 6.45) is 2.19. The molecule has 2 nitrogen and oxygen atoms in total. The molecule has 0 spiro atoms. The van der Waals surface area contributed by atoms with E-state index in [9.17, 15) is 0 Å². The molecule has 0 radical (unpaired) electrons. The topological polar surface area (TPSA) is 21.3 Å². The van der Waals surface area contributed by atoms with Gasteiger partial charge in [-0.1, -0.05) is 35.3 Å². The van der Waals surface area contributed by atoms with Gasteiger partial charge in [0.15, 0.2) is 0 Å². The highest BCUT2D eigenvalue weighted by Crippen LogP contribution is 2.40. The molecule has 0 unspecified atom stereocenters. The molecule has 4 heteroatoms. The van der Waals surface area contributed by atoms with Crippen LogP contribution < -0.4 is 10.1 Å². The maximum absolute atomic E-state index is 6.18. The first kappa shape index (κ1) is 14.6. The van der Waals surface area contributed by atoms with Gasteiger partial charge in [-0.15, -0.1) is 0 Å². The van der Waals surface area contributed by atoms with Gasteiger partial charge < -0.3 is 10.1 Å². The predicted molar refractivity (Wildman–Crippen MR) is 88.8 cm³/mol. The second-order valence-corrected chi connectivity index (χ2v) is 6.25. The summed E-state index contributed by atoms with van der Waals surface area (Å²) in [4.78, 5) is 0. The van der Waals surface area contributed by atoms with E-state index in [2.05, 4.69) is 17.4 Å². The Kier molecular flexibility index (Phi) is 4.27. The molecule has 1 aliphatic carbocycles. The maximum atomic E-state index is 6.18. The number of benzene rings is 2. The van der Waals surface area contributed by atoms with Crippen LogP contribution in [0.1, 0.15) is 24.3 Å². The van der Waals surface area contributed by atoms with Gasteiger partial charge in [0.25, 0.3) is 0 Å². The Bertz CT molecular complexity index is 638. The molecule has 1 saturated carbocycles. The molecule has 1 N–H and O–H groups in total. The standard InChI is InChI=1S/C17H17Cl2NO/c1-21-15-4-2-3-11(9-15)12-7-14(8-12)20-17-10-13(18)5-6-16(17)19/h2-6,9-10,12,14,20H,7-8H2,1H3. The molecule has 0 amide bonds. The van der Waals surface area contributed by atoms with E-state index >= 15 is 0 Å². The van der Waals surface area contributed by atoms with Gasteiger partial charge in [0.1, 0.15) is 5.75 Å². The van der Waals surface area contributed by atoms with E-state index in [0.29, 0.717) is 22.0 Å². The molecule has 1 fully saturated rings. The fourth-order valence-corrected chi connectivity index (χ4v) is 3.08. The molecule has 3 rings (SSSR count). The lowest BCUT2D eigenvalue weighted by molar-refractivity contribution is 0.370. The number of halogens is 2. The monoisotopic (exact) mass is 321 g/mol. The second kappa shape index (κ2) is 6.17. The Hall–Kier alpha value is -1.38. The number of hydrogen-bond acceptors (Lipinski definition) is 2. The quantitative estimate of drug-likeness (QED) is 0.818. The van der Waals surface area contributed by atoms with Crippen LogP contribution in [0.4, 0.5) is 5.69 Å². The third kappa shape index (κ3) is 3.28. The molecule has 0 heterocycles. The average Bonchev–Trinajstić information content (AvgIpc) is 2.46. The second-order valence-electron chi connectivity index (χ2n) is 5.41. The molecule has 2 aromatic carbocycles. The summed E-state index contributed by atoms with van der Waals surface area (Å²) in [7, 11) is 1.70. The number of ether oxygens (including phenoxy) is 1. The number of anilines is 1. The first-order valence-corrected chi connectivity index (χ1v) is 7.77. The number of rotatable bonds is 4. The molecular weight excluding hydrogens is 305 g/mol. The SMILES string of the molecule is COc1cccc(C2CC(Nc3cc(Cl)ccc3Cl)C2)c1. The number of nitrogens with one attached hydrogen (secondary N) is 1. The van der Waals surface area contributed by atoms with Crippen molar-refractivity contribution in [2.24, 2.45) is 0 Å². The van der Waals surface area contributed by atoms with Gasteiger partial charge in [0.2, 0.25) is 0 Å². The molecule has 0 aromatic heterocycles. The molecule has 0 atom stereocenters. The van der Waals surface area contributed by atoms with Gasteiger partial charge in [-0.3, -0.25) is 0 Å². The summed E-state index contributed by atoms with van der Waals surface area (Å²) in [5.74, 6) is 1.50. The van der Waals surface area contributed by atoms with E-state index in [4.69, 9.17) is 27.9 Å². The minimum absolute atomic E-state index is 0.442. The lowest BCUT2D eigenvalue weighted by Gasteiger charge is -2.37. The smallest absolute Gasteiger partial charge is 0.119 e. The molecular formula is C17H17Cl2NO. The van der Waals surface area contributed by atoms with Crippen molar-refractivity contribution in [2.75, 3.05) is 12.4 Å². The minimum atomic E-state index is 0.442. The summed E-state index contributed by atoms with van der Waals surface area (Å²) in [6.45, 7) is 0. The first-order valence-electron chi connectivity index (χ1n) is 7.01. The van der Waals surface area contributed by atoms with Crippen LogP contribution in [0.25, 0.3) is 0 Å². The van der Waals surface area contributed by atoms with Crippen molar-refractivity contribution in [1.29, 1.82) is 0 Å². The largest absolute Gasteiger partial charge is 0.497 e. The van der Waals surface area contributed by atoms with Crippen molar-refractivity contribution in [3.8, 4) is 5.75 Å². The van der Waals surface area contributed by atoms with Crippen LogP contribution >= 0.6 is 23.2 Å². The van der Waals surface area contributed by atoms with Gasteiger partial charge in [-0.2, -0.15) is 0 Å². The third-order valence-electron chi connectivity index (χ3n) is 3.99. The Balaban J connectivity index is 1.61. The highest BCUT2D eigenvalue weighted by molar-refractivity contribution is 6.35. The molecule has 0 aliphatic heterocycles. The predicted octanol–water partition coefficient (Wildman–Crippen LogP) is 5.36. The minimum Gasteiger partial charge on any atom is -0.497 e. The number of methoxy groups -OCH3 is 1. The lowest BCUT2D eigenvalue weighted by atomic mass is 9.76. The Labute approximate surface area is 135 Å². The van der Waals surface area contributed by atoms with Crippen LogP contribution in [0.5, 0.6) is 5.75 Å². The van der Waals surface area contributed by atoms with Crippen molar-refractivity contribution in [3.05, 3.63) is 58.1 Å². The molecule has 110 valence electrons. The van der Waals surface area contributed by atoms with Crippen LogP contribution in [0.3, 0.4) is 0 Å². The maximum Gasteiger partial charge on any atom is 0.119 e. The van der Waals surface area contributed by atoms with Gasteiger partial charge in [-0.05, 0) is 54.7 Å². The van der Waals surface area contributed by atoms with Crippen molar-refractivity contribution >= 4 is 28.9 Å². The zero-order valence-corrected chi connectivity index (χ0v) is 13.3. The summed E-state index contributed by atoms with van der Waals surface area (Å²) in [5.41, 5.74) is 2.25. The van der Waals surface area contributed by atoms with Gasteiger partial charge in [-0.25, -0.2) is 0 Å². The van der Waals surface area contributed by atoms with Crippen molar-refractivity contribution in [2.45, 2.75) is 24.8 Å². The highest BCUT2D eigenvalue weighted by atomic mass is 35.5. The van der Waals surface area contributed by atoms with E-state index in [1.807, 2.05) is 24.3 Å². The van der Waals surface area contributed by atoms with E-state index < -0.39 is 0 Å². The van der Waals surface area contributed by atoms with Gasteiger partial charge in [0, 0.05) is 11.1 Å². The van der Waals surface area contributed by atoms with Crippen molar-refractivity contribution in [1.82, 2.24) is 0 Å². The van der Waals surface area contributed by atoms with Gasteiger partial charge >= 0.3 is 0 Å². The molecule has 1 aliphatic rings. The van der Waals surface area contributed by atoms with Gasteiger partial charge in [0.05, 0.1) is 17.8 Å². The fourth-order valence-electron chi connectivity index (χ4n) is 2.73. The van der Waals surface area contributed by atoms with Crippen LogP contribution in [-0.4, -0.2) is 13.2 Å². The Morgan fingerprint density at radius 1 is 1.10 bits per heavy atom. The van der Waals surface area contributed by atoms with Crippen LogP contribution in [0.15, 0.2) is 42.5 Å². The Morgan fingerprint density at radius 3 is 2.67 bits per heavy atom. The van der Waals surface area contributed by atoms with Crippen LogP contribution in [-0.2, 0) is 0 Å². The van der Waals surface area contributed by atoms with E-state index in [-0.39, 0.29) is 0 Å². The summed E-state index contributed by atoms with van der Waals surface area (Å²) < 4.78 is 5.28.